The van der Waals surface area contributed by atoms with Crippen molar-refractivity contribution in [2.24, 2.45) is 5.10 Å². The van der Waals surface area contributed by atoms with Crippen molar-refractivity contribution in [2.45, 2.75) is 25.5 Å². The molecule has 1 aromatic carbocycles. The molecule has 124 valence electrons. The van der Waals surface area contributed by atoms with E-state index in [9.17, 15) is 9.90 Å². The highest BCUT2D eigenvalue weighted by Gasteiger charge is 2.45. The number of aromatic nitrogens is 1. The van der Waals surface area contributed by atoms with Gasteiger partial charge < -0.3 is 9.84 Å². The Balaban J connectivity index is 1.80. The number of benzene rings is 1. The molecule has 6 heteroatoms. The third-order valence-electron chi connectivity index (χ3n) is 3.92. The van der Waals surface area contributed by atoms with Crippen LogP contribution in [-0.2, 0) is 10.5 Å². The second-order valence-corrected chi connectivity index (χ2v) is 5.56. The van der Waals surface area contributed by atoms with Crippen molar-refractivity contribution in [1.82, 2.24) is 9.99 Å². The number of hydrazone groups is 1. The van der Waals surface area contributed by atoms with Crippen molar-refractivity contribution in [1.29, 1.82) is 0 Å². The minimum Gasteiger partial charge on any atom is -0.484 e. The Labute approximate surface area is 140 Å². The van der Waals surface area contributed by atoms with Gasteiger partial charge in [-0.1, -0.05) is 31.2 Å². The van der Waals surface area contributed by atoms with Crippen LogP contribution in [0.25, 0.3) is 0 Å². The summed E-state index contributed by atoms with van der Waals surface area (Å²) in [6.07, 6.45) is 4.10. The molecule has 0 aliphatic carbocycles. The maximum Gasteiger partial charge on any atom is 0.283 e. The molecule has 1 amide bonds. The first-order valence-electron chi connectivity index (χ1n) is 7.83. The first kappa shape index (κ1) is 16.1. The van der Waals surface area contributed by atoms with Crippen LogP contribution in [0, 0.1) is 0 Å². The molecule has 1 aromatic heterocycles. The lowest BCUT2D eigenvalue weighted by molar-refractivity contribution is -0.159. The van der Waals surface area contributed by atoms with Gasteiger partial charge in [0.15, 0.2) is 12.3 Å². The molecule has 2 aromatic rings. The highest BCUT2D eigenvalue weighted by atomic mass is 16.5. The van der Waals surface area contributed by atoms with Crippen molar-refractivity contribution in [3.63, 3.8) is 0 Å². The molecule has 0 unspecified atom stereocenters. The van der Waals surface area contributed by atoms with Crippen molar-refractivity contribution in [3.8, 4) is 5.75 Å². The number of pyridine rings is 1. The molecule has 6 nitrogen and oxygen atoms in total. The highest BCUT2D eigenvalue weighted by Crippen LogP contribution is 2.35. The second-order valence-electron chi connectivity index (χ2n) is 5.56. The molecular formula is C18H19N3O3. The van der Waals surface area contributed by atoms with Crippen LogP contribution in [0.1, 0.15) is 25.3 Å². The van der Waals surface area contributed by atoms with E-state index < -0.39 is 11.6 Å². The maximum absolute atomic E-state index is 12.6. The summed E-state index contributed by atoms with van der Waals surface area (Å²) in [6, 6.07) is 12.5. The fourth-order valence-electron chi connectivity index (χ4n) is 2.62. The Morgan fingerprint density at radius 1 is 1.29 bits per heavy atom. The summed E-state index contributed by atoms with van der Waals surface area (Å²) in [7, 11) is 0. The zero-order valence-electron chi connectivity index (χ0n) is 13.4. The average molecular weight is 325 g/mol. The minimum atomic E-state index is -1.52. The third-order valence-corrected chi connectivity index (χ3v) is 3.92. The van der Waals surface area contributed by atoms with Gasteiger partial charge in [-0.3, -0.25) is 9.78 Å². The van der Waals surface area contributed by atoms with E-state index in [1.165, 1.54) is 0 Å². The first-order valence-corrected chi connectivity index (χ1v) is 7.83. The lowest BCUT2D eigenvalue weighted by Gasteiger charge is -2.31. The van der Waals surface area contributed by atoms with Gasteiger partial charge in [0.25, 0.3) is 5.91 Å². The van der Waals surface area contributed by atoms with Crippen LogP contribution in [0.3, 0.4) is 0 Å². The lowest BCUT2D eigenvalue weighted by atomic mass is 9.98. The van der Waals surface area contributed by atoms with E-state index in [4.69, 9.17) is 4.74 Å². The van der Waals surface area contributed by atoms with Crippen molar-refractivity contribution < 1.29 is 14.6 Å². The number of para-hydroxylation sites is 1. The molecule has 0 fully saturated rings. The molecule has 1 N–H and O–H groups in total. The topological polar surface area (TPSA) is 75.0 Å². The van der Waals surface area contributed by atoms with Crippen LogP contribution in [0.2, 0.25) is 0 Å². The van der Waals surface area contributed by atoms with Crippen LogP contribution >= 0.6 is 0 Å². The van der Waals surface area contributed by atoms with Gasteiger partial charge in [0.1, 0.15) is 5.75 Å². The molecule has 24 heavy (non-hydrogen) atoms. The summed E-state index contributed by atoms with van der Waals surface area (Å²) in [5.74, 6) is 0.184. The first-order chi connectivity index (χ1) is 11.6. The summed E-state index contributed by atoms with van der Waals surface area (Å²) in [6.45, 7) is 1.74. The summed E-state index contributed by atoms with van der Waals surface area (Å²) < 4.78 is 5.49. The SMILES string of the molecule is CCC1=NN(C(=O)COc2ccccc2)[C@@](O)(c2cccnc2)C1. The second kappa shape index (κ2) is 6.80. The zero-order chi connectivity index (χ0) is 17.0. The van der Waals surface area contributed by atoms with Gasteiger partial charge in [0, 0.05) is 30.1 Å². The average Bonchev–Trinajstić information content (AvgIpc) is 2.99. The van der Waals surface area contributed by atoms with E-state index >= 15 is 0 Å². The van der Waals surface area contributed by atoms with Gasteiger partial charge in [-0.15, -0.1) is 0 Å². The van der Waals surface area contributed by atoms with Crippen LogP contribution in [0.4, 0.5) is 0 Å². The van der Waals surface area contributed by atoms with Crippen molar-refractivity contribution >= 4 is 11.6 Å². The maximum atomic E-state index is 12.6. The van der Waals surface area contributed by atoms with Gasteiger partial charge in [0.05, 0.1) is 0 Å². The predicted molar refractivity (Wildman–Crippen MR) is 89.3 cm³/mol. The molecule has 0 saturated carbocycles. The van der Waals surface area contributed by atoms with E-state index in [1.54, 1.807) is 36.7 Å². The number of nitrogens with zero attached hydrogens (tertiary/aromatic N) is 3. The number of carbonyl (C=O) groups excluding carboxylic acids is 1. The van der Waals surface area contributed by atoms with E-state index in [-0.39, 0.29) is 13.0 Å². The number of hydrogen-bond acceptors (Lipinski definition) is 5. The third kappa shape index (κ3) is 3.14. The molecule has 0 bridgehead atoms. The molecule has 1 atom stereocenters. The number of amides is 1. The molecule has 0 spiro atoms. The van der Waals surface area contributed by atoms with Crippen molar-refractivity contribution in [2.75, 3.05) is 6.61 Å². The smallest absolute Gasteiger partial charge is 0.283 e. The fourth-order valence-corrected chi connectivity index (χ4v) is 2.62. The Kier molecular flexibility index (Phi) is 4.57. The number of carbonyl (C=O) groups is 1. The van der Waals surface area contributed by atoms with E-state index in [0.717, 1.165) is 10.7 Å². The predicted octanol–water partition coefficient (Wildman–Crippen LogP) is 2.30. The van der Waals surface area contributed by atoms with E-state index in [0.29, 0.717) is 17.7 Å². The van der Waals surface area contributed by atoms with Crippen LogP contribution in [0.15, 0.2) is 60.0 Å². The van der Waals surface area contributed by atoms with Crippen LogP contribution in [0.5, 0.6) is 5.75 Å². The molecule has 1 aliphatic heterocycles. The number of rotatable bonds is 5. The standard InChI is InChI=1S/C18H19N3O3/c1-2-15-11-18(23,14-7-6-10-19-12-14)21(20-15)17(22)13-24-16-8-4-3-5-9-16/h3-10,12,23H,2,11,13H2,1H3/t18-/m0/s1. The van der Waals surface area contributed by atoms with Gasteiger partial charge >= 0.3 is 0 Å². The molecule has 3 rings (SSSR count). The Morgan fingerprint density at radius 3 is 2.75 bits per heavy atom. The lowest BCUT2D eigenvalue weighted by Crippen LogP contribution is -2.45. The van der Waals surface area contributed by atoms with Crippen LogP contribution in [-0.4, -0.2) is 33.3 Å². The zero-order valence-corrected chi connectivity index (χ0v) is 13.4. The molecular weight excluding hydrogens is 306 g/mol. The summed E-state index contributed by atoms with van der Waals surface area (Å²) >= 11 is 0. The highest BCUT2D eigenvalue weighted by molar-refractivity contribution is 5.91. The summed E-state index contributed by atoms with van der Waals surface area (Å²) in [4.78, 5) is 16.6. The monoisotopic (exact) mass is 325 g/mol. The number of aliphatic hydroxyl groups is 1. The molecule has 1 aliphatic rings. The van der Waals surface area contributed by atoms with Crippen LogP contribution < -0.4 is 4.74 Å². The summed E-state index contributed by atoms with van der Waals surface area (Å²) in [5.41, 5.74) is -0.226. The van der Waals surface area contributed by atoms with Gasteiger partial charge in [-0.05, 0) is 24.6 Å². The molecule has 0 radical (unpaired) electrons. The van der Waals surface area contributed by atoms with Gasteiger partial charge in [0.2, 0.25) is 0 Å². The van der Waals surface area contributed by atoms with Gasteiger partial charge in [-0.2, -0.15) is 10.1 Å². The quantitative estimate of drug-likeness (QED) is 0.915. The number of ether oxygens (including phenoxy) is 1. The largest absolute Gasteiger partial charge is 0.484 e. The van der Waals surface area contributed by atoms with E-state index in [2.05, 4.69) is 10.1 Å². The fraction of sp³-hybridized carbons (Fsp3) is 0.278. The van der Waals surface area contributed by atoms with Crippen molar-refractivity contribution in [3.05, 3.63) is 60.4 Å². The summed E-state index contributed by atoms with van der Waals surface area (Å²) in [5, 5.41) is 16.5. The molecule has 0 saturated heterocycles. The Hall–Kier alpha value is -2.73. The number of hydrogen-bond donors (Lipinski definition) is 1. The minimum absolute atomic E-state index is 0.201. The Morgan fingerprint density at radius 2 is 2.08 bits per heavy atom. The Bertz CT molecular complexity index is 734. The van der Waals surface area contributed by atoms with Gasteiger partial charge in [-0.25, -0.2) is 0 Å². The van der Waals surface area contributed by atoms with E-state index in [1.807, 2.05) is 25.1 Å². The molecule has 2 heterocycles. The normalized spacial score (nSPS) is 19.9.